The van der Waals surface area contributed by atoms with Gasteiger partial charge in [-0.05, 0) is 31.6 Å². The normalized spacial score (nSPS) is 32.4. The summed E-state index contributed by atoms with van der Waals surface area (Å²) in [5, 5.41) is 0. The van der Waals surface area contributed by atoms with Crippen LogP contribution in [0.25, 0.3) is 0 Å². The highest BCUT2D eigenvalue weighted by Crippen LogP contribution is 2.38. The van der Waals surface area contributed by atoms with E-state index >= 15 is 0 Å². The molecule has 1 saturated carbocycles. The molecular formula is C18H30ClN3O3. The van der Waals surface area contributed by atoms with Crippen molar-refractivity contribution in [2.75, 3.05) is 19.6 Å². The highest BCUT2D eigenvalue weighted by atomic mass is 35.5. The summed E-state index contributed by atoms with van der Waals surface area (Å²) in [5.74, 6) is 0.239. The van der Waals surface area contributed by atoms with Gasteiger partial charge in [0.05, 0.1) is 11.8 Å². The van der Waals surface area contributed by atoms with Gasteiger partial charge in [-0.15, -0.1) is 12.4 Å². The van der Waals surface area contributed by atoms with Gasteiger partial charge in [-0.3, -0.25) is 19.3 Å². The molecule has 4 unspecified atom stereocenters. The molecule has 3 rings (SSSR count). The maximum atomic E-state index is 12.6. The van der Waals surface area contributed by atoms with Crippen LogP contribution in [0.15, 0.2) is 0 Å². The third-order valence-electron chi connectivity index (χ3n) is 6.05. The van der Waals surface area contributed by atoms with Gasteiger partial charge >= 0.3 is 0 Å². The lowest BCUT2D eigenvalue weighted by Crippen LogP contribution is -2.50. The van der Waals surface area contributed by atoms with E-state index in [4.69, 9.17) is 5.73 Å². The Morgan fingerprint density at radius 2 is 1.72 bits per heavy atom. The first kappa shape index (κ1) is 20.2. The molecule has 25 heavy (non-hydrogen) atoms. The molecule has 0 aromatic heterocycles. The Morgan fingerprint density at radius 3 is 2.28 bits per heavy atom. The van der Waals surface area contributed by atoms with Crippen LogP contribution in [0.4, 0.5) is 0 Å². The number of carbonyl (C=O) groups excluding carboxylic acids is 3. The van der Waals surface area contributed by atoms with E-state index in [0.29, 0.717) is 12.5 Å². The van der Waals surface area contributed by atoms with Crippen molar-refractivity contribution in [3.63, 3.8) is 0 Å². The number of rotatable bonds is 4. The molecule has 1 aliphatic carbocycles. The first-order chi connectivity index (χ1) is 11.5. The van der Waals surface area contributed by atoms with Crippen molar-refractivity contribution in [1.29, 1.82) is 0 Å². The van der Waals surface area contributed by atoms with Gasteiger partial charge in [0.1, 0.15) is 0 Å². The van der Waals surface area contributed by atoms with E-state index in [1.807, 2.05) is 4.90 Å². The van der Waals surface area contributed by atoms with Crippen molar-refractivity contribution >= 4 is 30.1 Å². The highest BCUT2D eigenvalue weighted by molar-refractivity contribution is 6.05. The van der Waals surface area contributed by atoms with Crippen LogP contribution >= 0.6 is 12.4 Å². The summed E-state index contributed by atoms with van der Waals surface area (Å²) in [7, 11) is 0. The first-order valence-corrected chi connectivity index (χ1v) is 9.37. The number of carbonyl (C=O) groups is 3. The fourth-order valence-corrected chi connectivity index (χ4v) is 4.61. The summed E-state index contributed by atoms with van der Waals surface area (Å²) < 4.78 is 0. The van der Waals surface area contributed by atoms with Gasteiger partial charge < -0.3 is 10.6 Å². The third-order valence-corrected chi connectivity index (χ3v) is 6.05. The second-order valence-electron chi connectivity index (χ2n) is 7.68. The van der Waals surface area contributed by atoms with E-state index in [-0.39, 0.29) is 61.0 Å². The summed E-state index contributed by atoms with van der Waals surface area (Å²) >= 11 is 0. The summed E-state index contributed by atoms with van der Waals surface area (Å²) in [4.78, 5) is 40.7. The zero-order valence-corrected chi connectivity index (χ0v) is 15.8. The molecular weight excluding hydrogens is 342 g/mol. The second kappa shape index (κ2) is 8.49. The summed E-state index contributed by atoms with van der Waals surface area (Å²) in [5.41, 5.74) is 5.82. The molecule has 142 valence electrons. The summed E-state index contributed by atoms with van der Waals surface area (Å²) in [6.45, 7) is 3.62. The molecule has 2 saturated heterocycles. The molecule has 4 atom stereocenters. The van der Waals surface area contributed by atoms with Crippen LogP contribution in [0.2, 0.25) is 0 Å². The minimum absolute atomic E-state index is 0. The van der Waals surface area contributed by atoms with E-state index in [9.17, 15) is 14.4 Å². The number of likely N-dealkylation sites (tertiary alicyclic amines) is 2. The number of fused-ring (bicyclic) bond motifs is 1. The predicted octanol–water partition coefficient (Wildman–Crippen LogP) is 1.56. The molecule has 0 aromatic carbocycles. The molecule has 6 nitrogen and oxygen atoms in total. The molecule has 3 aliphatic rings. The van der Waals surface area contributed by atoms with Crippen molar-refractivity contribution in [1.82, 2.24) is 9.80 Å². The smallest absolute Gasteiger partial charge is 0.233 e. The second-order valence-corrected chi connectivity index (χ2v) is 7.68. The third kappa shape index (κ3) is 4.00. The van der Waals surface area contributed by atoms with Crippen molar-refractivity contribution in [3.05, 3.63) is 0 Å². The summed E-state index contributed by atoms with van der Waals surface area (Å²) in [6, 6.07) is 0.0915. The molecule has 2 N–H and O–H groups in total. The Kier molecular flexibility index (Phi) is 6.86. The number of hydrogen-bond acceptors (Lipinski definition) is 4. The van der Waals surface area contributed by atoms with Crippen molar-refractivity contribution in [2.45, 2.75) is 57.9 Å². The SMILES string of the molecule is CC1CCN(C(=O)CCN2C(=O)C3CCCCC3C2=O)C(CN)C1.Cl. The van der Waals surface area contributed by atoms with Crippen molar-refractivity contribution < 1.29 is 14.4 Å². The number of imide groups is 1. The van der Waals surface area contributed by atoms with Gasteiger partial charge in [-0.2, -0.15) is 0 Å². The van der Waals surface area contributed by atoms with Crippen LogP contribution in [-0.4, -0.2) is 53.2 Å². The standard InChI is InChI=1S/C18H29N3O3.ClH/c1-12-6-8-20(13(10-12)11-19)16(22)7-9-21-17(23)14-4-2-3-5-15(14)18(21)24;/h12-15H,2-11,19H2,1H3;1H. The lowest BCUT2D eigenvalue weighted by molar-refractivity contribution is -0.141. The predicted molar refractivity (Wildman–Crippen MR) is 97.0 cm³/mol. The maximum Gasteiger partial charge on any atom is 0.233 e. The quantitative estimate of drug-likeness (QED) is 0.760. The average molecular weight is 372 g/mol. The van der Waals surface area contributed by atoms with Crippen LogP contribution in [0.3, 0.4) is 0 Å². The number of halogens is 1. The Balaban J connectivity index is 0.00000225. The molecule has 2 heterocycles. The van der Waals surface area contributed by atoms with Gasteiger partial charge in [-0.1, -0.05) is 19.8 Å². The number of amides is 3. The van der Waals surface area contributed by atoms with Crippen LogP contribution in [0.1, 0.15) is 51.9 Å². The lowest BCUT2D eigenvalue weighted by atomic mass is 9.81. The fourth-order valence-electron chi connectivity index (χ4n) is 4.61. The number of nitrogens with two attached hydrogens (primary N) is 1. The molecule has 0 radical (unpaired) electrons. The largest absolute Gasteiger partial charge is 0.338 e. The molecule has 3 amide bonds. The summed E-state index contributed by atoms with van der Waals surface area (Å²) in [6.07, 6.45) is 5.84. The van der Waals surface area contributed by atoms with Gasteiger partial charge in [0.15, 0.2) is 0 Å². The fraction of sp³-hybridized carbons (Fsp3) is 0.833. The number of piperidine rings is 1. The van der Waals surface area contributed by atoms with Gasteiger partial charge in [0.2, 0.25) is 17.7 Å². The van der Waals surface area contributed by atoms with Crippen molar-refractivity contribution in [2.24, 2.45) is 23.5 Å². The molecule has 0 bridgehead atoms. The van der Waals surface area contributed by atoms with E-state index in [0.717, 1.165) is 45.1 Å². The number of nitrogens with zero attached hydrogens (tertiary/aromatic N) is 2. The molecule has 3 fully saturated rings. The lowest BCUT2D eigenvalue weighted by Gasteiger charge is -2.38. The van der Waals surface area contributed by atoms with E-state index in [1.54, 1.807) is 0 Å². The average Bonchev–Trinajstić information content (AvgIpc) is 2.84. The Bertz CT molecular complexity index is 504. The van der Waals surface area contributed by atoms with Crippen LogP contribution in [-0.2, 0) is 14.4 Å². The van der Waals surface area contributed by atoms with Crippen LogP contribution in [0, 0.1) is 17.8 Å². The molecule has 2 aliphatic heterocycles. The van der Waals surface area contributed by atoms with Crippen molar-refractivity contribution in [3.8, 4) is 0 Å². The Morgan fingerprint density at radius 1 is 1.12 bits per heavy atom. The zero-order valence-electron chi connectivity index (χ0n) is 15.0. The minimum atomic E-state index is -0.131. The van der Waals surface area contributed by atoms with Crippen LogP contribution < -0.4 is 5.73 Å². The Hall–Kier alpha value is -1.14. The monoisotopic (exact) mass is 371 g/mol. The highest BCUT2D eigenvalue weighted by Gasteiger charge is 2.48. The van der Waals surface area contributed by atoms with Gasteiger partial charge in [0, 0.05) is 32.1 Å². The topological polar surface area (TPSA) is 83.7 Å². The zero-order chi connectivity index (χ0) is 17.3. The molecule has 0 aromatic rings. The minimum Gasteiger partial charge on any atom is -0.338 e. The van der Waals surface area contributed by atoms with E-state index < -0.39 is 0 Å². The van der Waals surface area contributed by atoms with Crippen LogP contribution in [0.5, 0.6) is 0 Å². The molecule has 7 heteroatoms. The van der Waals surface area contributed by atoms with Gasteiger partial charge in [0.25, 0.3) is 0 Å². The Labute approximate surface area is 155 Å². The molecule has 0 spiro atoms. The van der Waals surface area contributed by atoms with E-state index in [1.165, 1.54) is 4.90 Å². The first-order valence-electron chi connectivity index (χ1n) is 9.37. The van der Waals surface area contributed by atoms with E-state index in [2.05, 4.69) is 6.92 Å². The maximum absolute atomic E-state index is 12.6. The van der Waals surface area contributed by atoms with Gasteiger partial charge in [-0.25, -0.2) is 0 Å². The number of hydrogen-bond donors (Lipinski definition) is 1.